The van der Waals surface area contributed by atoms with Crippen LogP contribution < -0.4 is 10.9 Å². The van der Waals surface area contributed by atoms with E-state index in [2.05, 4.69) is 15.3 Å². The second-order valence-electron chi connectivity index (χ2n) is 5.99. The van der Waals surface area contributed by atoms with Gasteiger partial charge in [0, 0.05) is 44.8 Å². The molecular formula is C16H20FN5O2. The number of nitrogens with one attached hydrogen (secondary N) is 2. The Hall–Kier alpha value is -2.48. The smallest absolute Gasteiger partial charge is 0.260 e. The standard InChI is InChI=1S/C16H20FN5O2/c1-21-6-5-18-14(21)10-22-9-11(17)7-12(22)8-20-16(24)13-3-2-4-19-15(13)23/h2-6,11-12H,7-10H2,1H3,(H,19,23)(H,20,24)/t11-,12-/m0/s1. The van der Waals surface area contributed by atoms with E-state index in [4.69, 9.17) is 0 Å². The van der Waals surface area contributed by atoms with Crippen LogP contribution in [0, 0.1) is 0 Å². The van der Waals surface area contributed by atoms with E-state index in [1.807, 2.05) is 22.7 Å². The van der Waals surface area contributed by atoms with E-state index in [9.17, 15) is 14.0 Å². The van der Waals surface area contributed by atoms with Crippen LogP contribution in [-0.2, 0) is 13.6 Å². The van der Waals surface area contributed by atoms with Crippen LogP contribution in [0.4, 0.5) is 4.39 Å². The number of carbonyl (C=O) groups excluding carboxylic acids is 1. The van der Waals surface area contributed by atoms with Crippen molar-refractivity contribution < 1.29 is 9.18 Å². The molecule has 1 amide bonds. The molecule has 7 nitrogen and oxygen atoms in total. The molecule has 8 heteroatoms. The summed E-state index contributed by atoms with van der Waals surface area (Å²) in [6, 6.07) is 2.94. The summed E-state index contributed by atoms with van der Waals surface area (Å²) in [5, 5.41) is 2.73. The van der Waals surface area contributed by atoms with Gasteiger partial charge in [-0.2, -0.15) is 0 Å². The van der Waals surface area contributed by atoms with E-state index in [0.717, 1.165) is 5.82 Å². The van der Waals surface area contributed by atoms with Crippen molar-refractivity contribution >= 4 is 5.91 Å². The third kappa shape index (κ3) is 3.53. The molecule has 1 aliphatic heterocycles. The number of likely N-dealkylation sites (tertiary alicyclic amines) is 1. The Labute approximate surface area is 138 Å². The van der Waals surface area contributed by atoms with Crippen LogP contribution in [0.25, 0.3) is 0 Å². The van der Waals surface area contributed by atoms with Crippen LogP contribution in [0.5, 0.6) is 0 Å². The summed E-state index contributed by atoms with van der Waals surface area (Å²) >= 11 is 0. The lowest BCUT2D eigenvalue weighted by Gasteiger charge is -2.23. The number of aromatic nitrogens is 3. The number of aromatic amines is 1. The van der Waals surface area contributed by atoms with Crippen LogP contribution in [0.15, 0.2) is 35.5 Å². The molecule has 1 fully saturated rings. The van der Waals surface area contributed by atoms with E-state index in [1.165, 1.54) is 12.3 Å². The minimum absolute atomic E-state index is 0.0583. The van der Waals surface area contributed by atoms with Gasteiger partial charge < -0.3 is 14.9 Å². The molecule has 0 radical (unpaired) electrons. The lowest BCUT2D eigenvalue weighted by molar-refractivity contribution is 0.0938. The van der Waals surface area contributed by atoms with E-state index < -0.39 is 17.6 Å². The Morgan fingerprint density at radius 2 is 2.38 bits per heavy atom. The van der Waals surface area contributed by atoms with Crippen molar-refractivity contribution in [1.82, 2.24) is 24.8 Å². The molecule has 2 aromatic rings. The fourth-order valence-corrected chi connectivity index (χ4v) is 2.97. The Bertz CT molecular complexity index is 772. The number of rotatable bonds is 5. The first-order valence-corrected chi connectivity index (χ1v) is 7.85. The third-order valence-corrected chi connectivity index (χ3v) is 4.30. The highest BCUT2D eigenvalue weighted by Crippen LogP contribution is 2.21. The second kappa shape index (κ2) is 6.96. The number of imidazole rings is 1. The maximum absolute atomic E-state index is 13.8. The fourth-order valence-electron chi connectivity index (χ4n) is 2.97. The van der Waals surface area contributed by atoms with Gasteiger partial charge in [-0.25, -0.2) is 9.37 Å². The molecular weight excluding hydrogens is 313 g/mol. The molecule has 128 valence electrons. The average Bonchev–Trinajstić information content (AvgIpc) is 3.11. The van der Waals surface area contributed by atoms with Gasteiger partial charge in [-0.1, -0.05) is 0 Å². The summed E-state index contributed by atoms with van der Waals surface area (Å²) in [5.41, 5.74) is -0.377. The number of pyridine rings is 1. The number of carbonyl (C=O) groups is 1. The fraction of sp³-hybridized carbons (Fsp3) is 0.438. The molecule has 24 heavy (non-hydrogen) atoms. The number of H-pyrrole nitrogens is 1. The number of hydrogen-bond acceptors (Lipinski definition) is 4. The van der Waals surface area contributed by atoms with Gasteiger partial charge in [-0.15, -0.1) is 0 Å². The van der Waals surface area contributed by atoms with Gasteiger partial charge in [0.25, 0.3) is 11.5 Å². The first-order valence-electron chi connectivity index (χ1n) is 7.85. The molecule has 2 N–H and O–H groups in total. The van der Waals surface area contributed by atoms with E-state index in [0.29, 0.717) is 19.5 Å². The van der Waals surface area contributed by atoms with Gasteiger partial charge in [-0.3, -0.25) is 14.5 Å². The van der Waals surface area contributed by atoms with E-state index in [1.54, 1.807) is 12.3 Å². The van der Waals surface area contributed by atoms with E-state index in [-0.39, 0.29) is 18.2 Å². The summed E-state index contributed by atoms with van der Waals surface area (Å²) in [6.07, 6.45) is 4.45. The summed E-state index contributed by atoms with van der Waals surface area (Å²) in [5.74, 6) is 0.399. The Morgan fingerprint density at radius 1 is 1.54 bits per heavy atom. The molecule has 2 aromatic heterocycles. The normalized spacial score (nSPS) is 21.1. The van der Waals surface area contributed by atoms with Crippen molar-refractivity contribution in [2.45, 2.75) is 25.2 Å². The Morgan fingerprint density at radius 3 is 3.08 bits per heavy atom. The summed E-state index contributed by atoms with van der Waals surface area (Å²) in [7, 11) is 1.89. The molecule has 0 saturated carbocycles. The zero-order chi connectivity index (χ0) is 17.1. The first-order chi connectivity index (χ1) is 11.5. The van der Waals surface area contributed by atoms with Crippen LogP contribution >= 0.6 is 0 Å². The SMILES string of the molecule is Cn1ccnc1CN1C[C@@H](F)C[C@H]1CNC(=O)c1ccc[nH]c1=O. The van der Waals surface area contributed by atoms with Gasteiger partial charge in [0.15, 0.2) is 0 Å². The van der Waals surface area contributed by atoms with Crippen LogP contribution in [-0.4, -0.2) is 50.6 Å². The molecule has 0 unspecified atom stereocenters. The van der Waals surface area contributed by atoms with Gasteiger partial charge >= 0.3 is 0 Å². The predicted octanol–water partition coefficient (Wildman–Crippen LogP) is 0.451. The van der Waals surface area contributed by atoms with Crippen LogP contribution in [0.1, 0.15) is 22.6 Å². The molecule has 0 aromatic carbocycles. The topological polar surface area (TPSA) is 83.0 Å². The average molecular weight is 333 g/mol. The summed E-state index contributed by atoms with van der Waals surface area (Å²) in [6.45, 7) is 1.13. The molecule has 1 aliphatic rings. The van der Waals surface area contributed by atoms with Crippen molar-refractivity contribution in [3.8, 4) is 0 Å². The highest BCUT2D eigenvalue weighted by Gasteiger charge is 2.33. The lowest BCUT2D eigenvalue weighted by atomic mass is 10.2. The number of hydrogen-bond donors (Lipinski definition) is 2. The third-order valence-electron chi connectivity index (χ3n) is 4.30. The molecule has 0 aliphatic carbocycles. The molecule has 3 rings (SSSR count). The Kier molecular flexibility index (Phi) is 4.75. The number of amides is 1. The largest absolute Gasteiger partial charge is 0.350 e. The number of aryl methyl sites for hydroxylation is 1. The van der Waals surface area contributed by atoms with E-state index >= 15 is 0 Å². The molecule has 3 heterocycles. The summed E-state index contributed by atoms with van der Waals surface area (Å²) in [4.78, 5) is 32.4. The Balaban J connectivity index is 1.62. The van der Waals surface area contributed by atoms with Crippen molar-refractivity contribution in [3.05, 3.63) is 52.5 Å². The van der Waals surface area contributed by atoms with Crippen molar-refractivity contribution in [2.75, 3.05) is 13.1 Å². The van der Waals surface area contributed by atoms with Crippen molar-refractivity contribution in [2.24, 2.45) is 7.05 Å². The second-order valence-corrected chi connectivity index (χ2v) is 5.99. The monoisotopic (exact) mass is 333 g/mol. The molecule has 2 atom stereocenters. The van der Waals surface area contributed by atoms with Gasteiger partial charge in [0.2, 0.25) is 0 Å². The zero-order valence-electron chi connectivity index (χ0n) is 13.4. The molecule has 0 bridgehead atoms. The maximum atomic E-state index is 13.8. The minimum atomic E-state index is -0.924. The van der Waals surface area contributed by atoms with Crippen LogP contribution in [0.3, 0.4) is 0 Å². The van der Waals surface area contributed by atoms with Gasteiger partial charge in [0.1, 0.15) is 17.6 Å². The maximum Gasteiger partial charge on any atom is 0.260 e. The molecule has 0 spiro atoms. The van der Waals surface area contributed by atoms with Gasteiger partial charge in [-0.05, 0) is 18.6 Å². The number of alkyl halides is 1. The number of halogens is 1. The van der Waals surface area contributed by atoms with Crippen molar-refractivity contribution in [1.29, 1.82) is 0 Å². The number of nitrogens with zero attached hydrogens (tertiary/aromatic N) is 3. The highest BCUT2D eigenvalue weighted by atomic mass is 19.1. The van der Waals surface area contributed by atoms with Gasteiger partial charge in [0.05, 0.1) is 6.54 Å². The van der Waals surface area contributed by atoms with Crippen LogP contribution in [0.2, 0.25) is 0 Å². The predicted molar refractivity (Wildman–Crippen MR) is 86.3 cm³/mol. The minimum Gasteiger partial charge on any atom is -0.350 e. The quantitative estimate of drug-likeness (QED) is 0.832. The highest BCUT2D eigenvalue weighted by molar-refractivity contribution is 5.93. The van der Waals surface area contributed by atoms with Crippen molar-refractivity contribution in [3.63, 3.8) is 0 Å². The molecule has 1 saturated heterocycles. The summed E-state index contributed by atoms with van der Waals surface area (Å²) < 4.78 is 15.7. The lowest BCUT2D eigenvalue weighted by Crippen LogP contribution is -2.41. The first kappa shape index (κ1) is 16.4. The zero-order valence-corrected chi connectivity index (χ0v) is 13.4.